The molecule has 0 spiro atoms. The van der Waals surface area contributed by atoms with Crippen LogP contribution in [0.4, 0.5) is 5.82 Å². The zero-order valence-corrected chi connectivity index (χ0v) is 12.1. The Morgan fingerprint density at radius 3 is 2.84 bits per heavy atom. The first-order valence-electron chi connectivity index (χ1n) is 6.07. The van der Waals surface area contributed by atoms with Crippen molar-refractivity contribution in [2.24, 2.45) is 5.92 Å². The van der Waals surface area contributed by atoms with Gasteiger partial charge < -0.3 is 0 Å². The molecule has 0 bridgehead atoms. The monoisotopic (exact) mass is 302 g/mol. The molecule has 1 aliphatic heterocycles. The van der Waals surface area contributed by atoms with Crippen molar-refractivity contribution < 1.29 is 13.2 Å². The van der Waals surface area contributed by atoms with Crippen molar-refractivity contribution in [3.05, 3.63) is 23.9 Å². The normalized spacial score (nSPS) is 20.0. The van der Waals surface area contributed by atoms with Gasteiger partial charge in [0, 0.05) is 35.3 Å². The van der Waals surface area contributed by atoms with Gasteiger partial charge in [0.25, 0.3) is 0 Å². The molecular formula is C12H15ClN2O3S. The Kier molecular flexibility index (Phi) is 4.10. The largest absolute Gasteiger partial charge is 0.296 e. The summed E-state index contributed by atoms with van der Waals surface area (Å²) in [5.74, 6) is 0.0385. The van der Waals surface area contributed by atoms with Crippen LogP contribution < -0.4 is 4.90 Å². The SMILES string of the molecule is CCc1cccc(N2CC(CS(=O)(=O)Cl)CC2=O)n1. The lowest BCUT2D eigenvalue weighted by atomic mass is 10.1. The highest BCUT2D eigenvalue weighted by Gasteiger charge is 2.33. The van der Waals surface area contributed by atoms with E-state index in [2.05, 4.69) is 4.98 Å². The van der Waals surface area contributed by atoms with Gasteiger partial charge in [-0.3, -0.25) is 9.69 Å². The number of pyridine rings is 1. The number of carbonyl (C=O) groups is 1. The van der Waals surface area contributed by atoms with Crippen molar-refractivity contribution in [2.45, 2.75) is 19.8 Å². The van der Waals surface area contributed by atoms with Crippen molar-refractivity contribution in [3.8, 4) is 0 Å². The minimum atomic E-state index is -3.58. The number of anilines is 1. The van der Waals surface area contributed by atoms with Gasteiger partial charge in [0.15, 0.2) is 0 Å². The summed E-state index contributed by atoms with van der Waals surface area (Å²) < 4.78 is 22.1. The first kappa shape index (κ1) is 14.3. The molecule has 2 rings (SSSR count). The van der Waals surface area contributed by atoms with Crippen LogP contribution in [-0.4, -0.2) is 31.6 Å². The smallest absolute Gasteiger partial charge is 0.232 e. The Morgan fingerprint density at radius 1 is 1.47 bits per heavy atom. The van der Waals surface area contributed by atoms with Gasteiger partial charge in [0.2, 0.25) is 15.0 Å². The molecule has 1 aromatic heterocycles. The lowest BCUT2D eigenvalue weighted by Gasteiger charge is -2.16. The van der Waals surface area contributed by atoms with E-state index in [1.807, 2.05) is 19.1 Å². The summed E-state index contributed by atoms with van der Waals surface area (Å²) in [7, 11) is 1.65. The van der Waals surface area contributed by atoms with Crippen LogP contribution in [0.5, 0.6) is 0 Å². The van der Waals surface area contributed by atoms with Crippen molar-refractivity contribution in [1.82, 2.24) is 4.98 Å². The van der Waals surface area contributed by atoms with Gasteiger partial charge in [-0.1, -0.05) is 13.0 Å². The lowest BCUT2D eigenvalue weighted by molar-refractivity contribution is -0.117. The Bertz CT molecular complexity index is 588. The molecule has 104 valence electrons. The maximum Gasteiger partial charge on any atom is 0.232 e. The summed E-state index contributed by atoms with van der Waals surface area (Å²) in [6.45, 7) is 2.34. The number of aromatic nitrogens is 1. The standard InChI is InChI=1S/C12H15ClN2O3S/c1-2-10-4-3-5-11(14-10)15-7-9(6-12(15)16)8-19(13,17)18/h3-5,9H,2,6-8H2,1H3. The number of nitrogens with zero attached hydrogens (tertiary/aromatic N) is 2. The van der Waals surface area contributed by atoms with E-state index in [1.165, 1.54) is 4.90 Å². The third-order valence-corrected chi connectivity index (χ3v) is 4.32. The fourth-order valence-corrected chi connectivity index (χ4v) is 3.53. The zero-order valence-electron chi connectivity index (χ0n) is 10.5. The fourth-order valence-electron chi connectivity index (χ4n) is 2.21. The Morgan fingerprint density at radius 2 is 2.21 bits per heavy atom. The molecule has 0 aliphatic carbocycles. The maximum absolute atomic E-state index is 11.9. The minimum absolute atomic E-state index is 0.105. The van der Waals surface area contributed by atoms with E-state index in [0.717, 1.165) is 12.1 Å². The molecule has 1 atom stereocenters. The average Bonchev–Trinajstić information content (AvgIpc) is 2.68. The van der Waals surface area contributed by atoms with Crippen LogP contribution in [0.15, 0.2) is 18.2 Å². The number of hydrogen-bond donors (Lipinski definition) is 0. The van der Waals surface area contributed by atoms with Gasteiger partial charge >= 0.3 is 0 Å². The van der Waals surface area contributed by atoms with Crippen molar-refractivity contribution >= 4 is 31.5 Å². The van der Waals surface area contributed by atoms with Crippen LogP contribution >= 0.6 is 10.7 Å². The highest BCUT2D eigenvalue weighted by atomic mass is 35.7. The van der Waals surface area contributed by atoms with Crippen molar-refractivity contribution in [1.29, 1.82) is 0 Å². The molecule has 2 heterocycles. The van der Waals surface area contributed by atoms with Crippen LogP contribution in [0, 0.1) is 5.92 Å². The van der Waals surface area contributed by atoms with Crippen LogP contribution in [0.3, 0.4) is 0 Å². The Labute approximate surface area is 117 Å². The molecule has 1 fully saturated rings. The molecule has 0 saturated carbocycles. The summed E-state index contributed by atoms with van der Waals surface area (Å²) >= 11 is 0. The summed E-state index contributed by atoms with van der Waals surface area (Å²) in [5, 5.41) is 0. The van der Waals surface area contributed by atoms with Crippen molar-refractivity contribution in [2.75, 3.05) is 17.2 Å². The summed E-state index contributed by atoms with van der Waals surface area (Å²) in [6, 6.07) is 5.50. The second kappa shape index (κ2) is 5.46. The van der Waals surface area contributed by atoms with E-state index in [1.54, 1.807) is 6.07 Å². The lowest BCUT2D eigenvalue weighted by Crippen LogP contribution is -2.26. The van der Waals surface area contributed by atoms with E-state index < -0.39 is 9.05 Å². The van der Waals surface area contributed by atoms with Crippen LogP contribution in [0.1, 0.15) is 19.0 Å². The predicted molar refractivity (Wildman–Crippen MR) is 73.7 cm³/mol. The Balaban J connectivity index is 2.15. The number of hydrogen-bond acceptors (Lipinski definition) is 4. The molecule has 7 heteroatoms. The second-order valence-electron chi connectivity index (χ2n) is 4.62. The van der Waals surface area contributed by atoms with E-state index in [0.29, 0.717) is 12.4 Å². The van der Waals surface area contributed by atoms with Crippen LogP contribution in [0.25, 0.3) is 0 Å². The topological polar surface area (TPSA) is 67.3 Å². The molecule has 0 N–H and O–H groups in total. The van der Waals surface area contributed by atoms with Gasteiger partial charge in [0.05, 0.1) is 5.75 Å². The average molecular weight is 303 g/mol. The van der Waals surface area contributed by atoms with E-state index >= 15 is 0 Å². The van der Waals surface area contributed by atoms with Gasteiger partial charge in [-0.25, -0.2) is 13.4 Å². The number of halogens is 1. The number of rotatable bonds is 4. The Hall–Kier alpha value is -1.14. The summed E-state index contributed by atoms with van der Waals surface area (Å²) in [4.78, 5) is 17.8. The molecule has 1 amide bonds. The van der Waals surface area contributed by atoms with Gasteiger partial charge in [-0.15, -0.1) is 0 Å². The summed E-state index contributed by atoms with van der Waals surface area (Å²) in [6.07, 6.45) is 0.985. The van der Waals surface area contributed by atoms with E-state index in [9.17, 15) is 13.2 Å². The molecule has 1 saturated heterocycles. The number of carbonyl (C=O) groups excluding carboxylic acids is 1. The third kappa shape index (κ3) is 3.67. The number of aryl methyl sites for hydroxylation is 1. The zero-order chi connectivity index (χ0) is 14.0. The van der Waals surface area contributed by atoms with Crippen LogP contribution in [-0.2, 0) is 20.3 Å². The van der Waals surface area contributed by atoms with E-state index in [-0.39, 0.29) is 24.0 Å². The third-order valence-electron chi connectivity index (χ3n) is 3.07. The molecule has 1 unspecified atom stereocenters. The van der Waals surface area contributed by atoms with Crippen LogP contribution in [0.2, 0.25) is 0 Å². The molecular weight excluding hydrogens is 288 g/mol. The second-order valence-corrected chi connectivity index (χ2v) is 7.44. The summed E-state index contributed by atoms with van der Waals surface area (Å²) in [5.41, 5.74) is 0.902. The maximum atomic E-state index is 11.9. The molecule has 0 aromatic carbocycles. The first-order valence-corrected chi connectivity index (χ1v) is 8.55. The quantitative estimate of drug-likeness (QED) is 0.792. The molecule has 19 heavy (non-hydrogen) atoms. The molecule has 1 aliphatic rings. The molecule has 1 aromatic rings. The molecule has 0 radical (unpaired) electrons. The van der Waals surface area contributed by atoms with E-state index in [4.69, 9.17) is 10.7 Å². The fraction of sp³-hybridized carbons (Fsp3) is 0.500. The minimum Gasteiger partial charge on any atom is -0.296 e. The predicted octanol–water partition coefficient (Wildman–Crippen LogP) is 1.57. The van der Waals surface area contributed by atoms with Crippen molar-refractivity contribution in [3.63, 3.8) is 0 Å². The van der Waals surface area contributed by atoms with Gasteiger partial charge in [-0.2, -0.15) is 0 Å². The highest BCUT2D eigenvalue weighted by molar-refractivity contribution is 8.13. The molecule has 5 nitrogen and oxygen atoms in total. The highest BCUT2D eigenvalue weighted by Crippen LogP contribution is 2.25. The van der Waals surface area contributed by atoms with Gasteiger partial charge in [0.1, 0.15) is 5.82 Å². The number of amides is 1. The van der Waals surface area contributed by atoms with Gasteiger partial charge in [-0.05, 0) is 18.6 Å². The first-order chi connectivity index (χ1) is 8.89.